The average Bonchev–Trinajstić information content (AvgIpc) is 2.66. The molecule has 1 aromatic rings. The van der Waals surface area contributed by atoms with Crippen LogP contribution in [0.25, 0.3) is 0 Å². The van der Waals surface area contributed by atoms with Crippen molar-refractivity contribution in [3.63, 3.8) is 0 Å². The van der Waals surface area contributed by atoms with Crippen molar-refractivity contribution in [1.29, 1.82) is 0 Å². The number of hydrogen-bond donors (Lipinski definition) is 3. The normalized spacial score (nSPS) is 24.8. The molecule has 2 aliphatic heterocycles. The summed E-state index contributed by atoms with van der Waals surface area (Å²) in [6, 6.07) is 6.82. The maximum Gasteiger partial charge on any atom is 0.356 e. The standard InChI is InChI=1S/C18H19N3O6S/c1-8-14(27-9(2)22)13(18(25)26)21-16(24)12(17(21)28-8)20-15(23)11(19)10-6-4-3-5-7-10/h3-8,11-12,17H,19H2,1-2H3,(H,20,23)(H,25,26)/t8?,11?,12?,17-/m1/s1. The van der Waals surface area contributed by atoms with Crippen LogP contribution in [0.15, 0.2) is 41.8 Å². The number of ether oxygens (including phenoxy) is 1. The molecule has 1 saturated heterocycles. The molecule has 0 aliphatic carbocycles. The number of carboxylic acid groups (broad SMARTS) is 1. The lowest BCUT2D eigenvalue weighted by Gasteiger charge is -2.50. The molecule has 9 nitrogen and oxygen atoms in total. The number of nitrogens with two attached hydrogens (primary N) is 1. The Morgan fingerprint density at radius 3 is 2.50 bits per heavy atom. The van der Waals surface area contributed by atoms with Crippen LogP contribution in [0, 0.1) is 0 Å². The number of amides is 2. The number of benzene rings is 1. The fourth-order valence-electron chi connectivity index (χ4n) is 3.11. The van der Waals surface area contributed by atoms with Gasteiger partial charge in [0.25, 0.3) is 5.91 Å². The Balaban J connectivity index is 1.79. The van der Waals surface area contributed by atoms with Crippen molar-refractivity contribution in [1.82, 2.24) is 10.2 Å². The van der Waals surface area contributed by atoms with E-state index in [1.807, 2.05) is 0 Å². The van der Waals surface area contributed by atoms with Gasteiger partial charge < -0.3 is 20.9 Å². The molecule has 3 unspecified atom stereocenters. The Labute approximate surface area is 164 Å². The molecule has 2 heterocycles. The van der Waals surface area contributed by atoms with Crippen molar-refractivity contribution in [3.8, 4) is 0 Å². The van der Waals surface area contributed by atoms with E-state index in [-0.39, 0.29) is 11.5 Å². The minimum atomic E-state index is -1.38. The van der Waals surface area contributed by atoms with E-state index in [1.54, 1.807) is 37.3 Å². The number of hydrogen-bond acceptors (Lipinski definition) is 7. The summed E-state index contributed by atoms with van der Waals surface area (Å²) in [5, 5.41) is 11.0. The number of carbonyl (C=O) groups excluding carboxylic acids is 3. The average molecular weight is 405 g/mol. The fourth-order valence-corrected chi connectivity index (χ4v) is 4.48. The van der Waals surface area contributed by atoms with Crippen molar-refractivity contribution in [2.24, 2.45) is 5.73 Å². The van der Waals surface area contributed by atoms with E-state index < -0.39 is 46.5 Å². The van der Waals surface area contributed by atoms with E-state index in [1.165, 1.54) is 11.8 Å². The van der Waals surface area contributed by atoms with Gasteiger partial charge in [0.15, 0.2) is 11.5 Å². The van der Waals surface area contributed by atoms with Crippen LogP contribution in [0.1, 0.15) is 25.5 Å². The van der Waals surface area contributed by atoms with Crippen LogP contribution in [-0.2, 0) is 23.9 Å². The lowest BCUT2D eigenvalue weighted by Crippen LogP contribution is -2.71. The van der Waals surface area contributed by atoms with Crippen LogP contribution in [0.5, 0.6) is 0 Å². The molecule has 0 saturated carbocycles. The van der Waals surface area contributed by atoms with E-state index >= 15 is 0 Å². The highest BCUT2D eigenvalue weighted by atomic mass is 32.2. The van der Waals surface area contributed by atoms with Gasteiger partial charge in [0.1, 0.15) is 17.5 Å². The second-order valence-electron chi connectivity index (χ2n) is 6.36. The molecule has 4 atom stereocenters. The summed E-state index contributed by atoms with van der Waals surface area (Å²) < 4.78 is 5.03. The number of β-lactam (4-membered cyclic amide) rings is 1. The Bertz CT molecular complexity index is 871. The SMILES string of the molecule is CC(=O)OC1=C(C(=O)O)N2C(=O)C(NC(=O)C(N)c3ccccc3)[C@H]2SC1C. The zero-order valence-electron chi connectivity index (χ0n) is 15.1. The van der Waals surface area contributed by atoms with E-state index in [0.717, 1.165) is 11.8 Å². The third-order valence-corrected chi connectivity index (χ3v) is 5.81. The van der Waals surface area contributed by atoms with Gasteiger partial charge in [-0.15, -0.1) is 11.8 Å². The van der Waals surface area contributed by atoms with Crippen LogP contribution < -0.4 is 11.1 Å². The zero-order chi connectivity index (χ0) is 20.6. The van der Waals surface area contributed by atoms with E-state index in [0.29, 0.717) is 5.56 Å². The largest absolute Gasteiger partial charge is 0.476 e. The highest BCUT2D eigenvalue weighted by Crippen LogP contribution is 2.44. The molecule has 0 bridgehead atoms. The second kappa shape index (κ2) is 7.64. The molecule has 2 aliphatic rings. The zero-order valence-corrected chi connectivity index (χ0v) is 15.9. The minimum absolute atomic E-state index is 0.0830. The number of fused-ring (bicyclic) bond motifs is 1. The quantitative estimate of drug-likeness (QED) is 0.471. The number of esters is 1. The molecule has 1 aromatic carbocycles. The number of nitrogens with one attached hydrogen (secondary N) is 1. The Morgan fingerprint density at radius 2 is 1.93 bits per heavy atom. The molecule has 148 valence electrons. The van der Waals surface area contributed by atoms with Gasteiger partial charge >= 0.3 is 11.9 Å². The topological polar surface area (TPSA) is 139 Å². The number of nitrogens with zero attached hydrogens (tertiary/aromatic N) is 1. The maximum atomic E-state index is 12.6. The Kier molecular flexibility index (Phi) is 5.43. The molecule has 0 spiro atoms. The van der Waals surface area contributed by atoms with Crippen molar-refractivity contribution in [2.45, 2.75) is 36.6 Å². The molecule has 0 radical (unpaired) electrons. The van der Waals surface area contributed by atoms with Crippen molar-refractivity contribution in [2.75, 3.05) is 0 Å². The van der Waals surface area contributed by atoms with Crippen LogP contribution in [0.3, 0.4) is 0 Å². The molecule has 4 N–H and O–H groups in total. The first-order valence-corrected chi connectivity index (χ1v) is 9.42. The second-order valence-corrected chi connectivity index (χ2v) is 7.83. The summed E-state index contributed by atoms with van der Waals surface area (Å²) in [4.78, 5) is 49.0. The Morgan fingerprint density at radius 1 is 1.29 bits per heavy atom. The minimum Gasteiger partial charge on any atom is -0.476 e. The van der Waals surface area contributed by atoms with Gasteiger partial charge in [0, 0.05) is 6.92 Å². The monoisotopic (exact) mass is 405 g/mol. The number of carboxylic acids is 1. The van der Waals surface area contributed by atoms with Gasteiger partial charge in [-0.1, -0.05) is 30.3 Å². The van der Waals surface area contributed by atoms with Gasteiger partial charge in [-0.3, -0.25) is 19.3 Å². The molecule has 3 rings (SSSR count). The first kappa shape index (κ1) is 19.9. The molecule has 10 heteroatoms. The number of aliphatic carboxylic acids is 1. The fraction of sp³-hybridized carbons (Fsp3) is 0.333. The van der Waals surface area contributed by atoms with Crippen LogP contribution in [0.4, 0.5) is 0 Å². The van der Waals surface area contributed by atoms with Gasteiger partial charge in [0.05, 0.1) is 5.25 Å². The van der Waals surface area contributed by atoms with Gasteiger partial charge in [0.2, 0.25) is 5.91 Å². The predicted molar refractivity (Wildman–Crippen MR) is 99.4 cm³/mol. The van der Waals surface area contributed by atoms with E-state index in [9.17, 15) is 24.3 Å². The van der Waals surface area contributed by atoms with Crippen molar-refractivity contribution >= 4 is 35.5 Å². The highest BCUT2D eigenvalue weighted by Gasteiger charge is 2.56. The third kappa shape index (κ3) is 3.48. The molecular weight excluding hydrogens is 386 g/mol. The first-order chi connectivity index (χ1) is 13.2. The lowest BCUT2D eigenvalue weighted by atomic mass is 10.0. The van der Waals surface area contributed by atoms with Crippen LogP contribution in [-0.4, -0.2) is 50.4 Å². The highest BCUT2D eigenvalue weighted by molar-refractivity contribution is 8.00. The summed E-state index contributed by atoms with van der Waals surface area (Å²) in [5.74, 6) is -3.27. The summed E-state index contributed by atoms with van der Waals surface area (Å²) in [6.45, 7) is 2.82. The summed E-state index contributed by atoms with van der Waals surface area (Å²) >= 11 is 1.22. The van der Waals surface area contributed by atoms with E-state index in [4.69, 9.17) is 10.5 Å². The van der Waals surface area contributed by atoms with Gasteiger partial charge in [-0.05, 0) is 12.5 Å². The third-order valence-electron chi connectivity index (χ3n) is 4.43. The van der Waals surface area contributed by atoms with Crippen molar-refractivity contribution < 1.29 is 29.0 Å². The molecule has 0 aromatic heterocycles. The molecular formula is C18H19N3O6S. The number of rotatable bonds is 5. The smallest absolute Gasteiger partial charge is 0.356 e. The predicted octanol–water partition coefficient (Wildman–Crippen LogP) is 0.334. The number of carbonyl (C=O) groups is 4. The van der Waals surface area contributed by atoms with Gasteiger partial charge in [-0.2, -0.15) is 0 Å². The summed E-state index contributed by atoms with van der Waals surface area (Å²) in [6.07, 6.45) is 0. The van der Waals surface area contributed by atoms with Gasteiger partial charge in [-0.25, -0.2) is 4.79 Å². The molecule has 28 heavy (non-hydrogen) atoms. The Hall–Kier alpha value is -2.85. The lowest BCUT2D eigenvalue weighted by molar-refractivity contribution is -0.152. The van der Waals surface area contributed by atoms with E-state index in [2.05, 4.69) is 5.32 Å². The first-order valence-electron chi connectivity index (χ1n) is 8.47. The maximum absolute atomic E-state index is 12.6. The van der Waals surface area contributed by atoms with Crippen LogP contribution >= 0.6 is 11.8 Å². The number of thioether (sulfide) groups is 1. The summed E-state index contributed by atoms with van der Waals surface area (Å²) in [7, 11) is 0. The van der Waals surface area contributed by atoms with Crippen LogP contribution in [0.2, 0.25) is 0 Å². The summed E-state index contributed by atoms with van der Waals surface area (Å²) in [5.41, 5.74) is 6.17. The molecule has 1 fully saturated rings. The van der Waals surface area contributed by atoms with Crippen molar-refractivity contribution in [3.05, 3.63) is 47.4 Å². The molecule has 2 amide bonds.